The van der Waals surface area contributed by atoms with Crippen molar-refractivity contribution < 1.29 is 14.0 Å². The highest BCUT2D eigenvalue weighted by Gasteiger charge is 2.47. The summed E-state index contributed by atoms with van der Waals surface area (Å²) in [5.74, 6) is 0.0422. The molecule has 2 heterocycles. The molecule has 1 aromatic carbocycles. The number of carbonyl (C=O) groups is 2. The molecule has 6 nitrogen and oxygen atoms in total. The maximum absolute atomic E-state index is 12.4. The molecule has 0 bridgehead atoms. The molecule has 2 unspecified atom stereocenters. The van der Waals surface area contributed by atoms with Gasteiger partial charge in [0.15, 0.2) is 0 Å². The van der Waals surface area contributed by atoms with E-state index in [2.05, 4.69) is 27.7 Å². The van der Waals surface area contributed by atoms with Gasteiger partial charge in [0.25, 0.3) is 0 Å². The number of hydrogen-bond acceptors (Lipinski definition) is 4. The Labute approximate surface area is 158 Å². The van der Waals surface area contributed by atoms with Gasteiger partial charge < -0.3 is 20.0 Å². The largest absolute Gasteiger partial charge is 0.467 e. The molecule has 2 atom stereocenters. The summed E-state index contributed by atoms with van der Waals surface area (Å²) in [7, 11) is 0. The topological polar surface area (TPSA) is 74.6 Å². The van der Waals surface area contributed by atoms with Crippen LogP contribution in [-0.2, 0) is 16.1 Å². The van der Waals surface area contributed by atoms with Crippen molar-refractivity contribution in [1.29, 1.82) is 0 Å². The lowest BCUT2D eigenvalue weighted by molar-refractivity contribution is -0.125. The van der Waals surface area contributed by atoms with E-state index in [9.17, 15) is 9.59 Å². The summed E-state index contributed by atoms with van der Waals surface area (Å²) in [6.07, 6.45) is 5.96. The first-order valence-corrected chi connectivity index (χ1v) is 9.67. The Balaban J connectivity index is 1.25. The molecule has 1 saturated carbocycles. The highest BCUT2D eigenvalue weighted by Crippen LogP contribution is 2.39. The zero-order valence-corrected chi connectivity index (χ0v) is 15.3. The van der Waals surface area contributed by atoms with Gasteiger partial charge in [-0.1, -0.05) is 0 Å². The third-order valence-corrected chi connectivity index (χ3v) is 5.34. The minimum Gasteiger partial charge on any atom is -0.467 e. The summed E-state index contributed by atoms with van der Waals surface area (Å²) in [5.41, 5.74) is 1.98. The Morgan fingerprint density at radius 2 is 1.74 bits per heavy atom. The summed E-state index contributed by atoms with van der Waals surface area (Å²) in [5, 5.41) is 5.75. The molecule has 1 aliphatic carbocycles. The van der Waals surface area contributed by atoms with Gasteiger partial charge >= 0.3 is 0 Å². The van der Waals surface area contributed by atoms with E-state index in [1.807, 2.05) is 18.2 Å². The van der Waals surface area contributed by atoms with Gasteiger partial charge in [-0.2, -0.15) is 0 Å². The Bertz CT molecular complexity index is 780. The van der Waals surface area contributed by atoms with Crippen molar-refractivity contribution in [1.82, 2.24) is 5.32 Å². The van der Waals surface area contributed by atoms with Gasteiger partial charge in [0.1, 0.15) is 5.76 Å². The van der Waals surface area contributed by atoms with E-state index in [0.717, 1.165) is 18.8 Å². The summed E-state index contributed by atoms with van der Waals surface area (Å²) in [6, 6.07) is 11.6. The molecule has 4 rings (SSSR count). The standard InChI is InChI=1S/C21H25N3O3/c25-20(22-14-17-5-4-12-27-17)18-13-19(18)21(26)23-15-6-8-16(9-7-15)24-10-2-1-3-11-24/h4-9,12,18-19H,1-3,10-11,13-14H2,(H,22,25)(H,23,26). The first-order valence-electron chi connectivity index (χ1n) is 9.67. The highest BCUT2D eigenvalue weighted by molar-refractivity contribution is 5.99. The SMILES string of the molecule is O=C(NCc1ccco1)C1CC1C(=O)Nc1ccc(N2CCCCC2)cc1. The van der Waals surface area contributed by atoms with E-state index in [-0.39, 0.29) is 23.7 Å². The Hall–Kier alpha value is -2.76. The maximum Gasteiger partial charge on any atom is 0.228 e. The van der Waals surface area contributed by atoms with Crippen LogP contribution in [-0.4, -0.2) is 24.9 Å². The molecule has 2 fully saturated rings. The van der Waals surface area contributed by atoms with Gasteiger partial charge in [-0.3, -0.25) is 9.59 Å². The fourth-order valence-electron chi connectivity index (χ4n) is 3.64. The Morgan fingerprint density at radius 1 is 1.00 bits per heavy atom. The normalized spacial score (nSPS) is 21.6. The Morgan fingerprint density at radius 3 is 2.44 bits per heavy atom. The van der Waals surface area contributed by atoms with Crippen molar-refractivity contribution >= 4 is 23.2 Å². The number of rotatable bonds is 6. The molecule has 142 valence electrons. The van der Waals surface area contributed by atoms with Crippen molar-refractivity contribution in [2.24, 2.45) is 11.8 Å². The van der Waals surface area contributed by atoms with Gasteiger partial charge in [0, 0.05) is 24.5 Å². The zero-order valence-electron chi connectivity index (χ0n) is 15.3. The molecule has 6 heteroatoms. The van der Waals surface area contributed by atoms with Crippen LogP contribution < -0.4 is 15.5 Å². The van der Waals surface area contributed by atoms with Crippen LogP contribution in [0, 0.1) is 11.8 Å². The van der Waals surface area contributed by atoms with Gasteiger partial charge in [-0.25, -0.2) is 0 Å². The number of amides is 2. The third kappa shape index (κ3) is 4.32. The molecular weight excluding hydrogens is 342 g/mol. The van der Waals surface area contributed by atoms with E-state index in [4.69, 9.17) is 4.42 Å². The summed E-state index contributed by atoms with van der Waals surface area (Å²) < 4.78 is 5.19. The number of piperidine rings is 1. The number of nitrogens with one attached hydrogen (secondary N) is 2. The van der Waals surface area contributed by atoms with E-state index in [1.165, 1.54) is 24.9 Å². The second-order valence-electron chi connectivity index (χ2n) is 7.33. The Kier molecular flexibility index (Phi) is 5.14. The van der Waals surface area contributed by atoms with Crippen molar-refractivity contribution in [3.8, 4) is 0 Å². The molecule has 0 spiro atoms. The second kappa shape index (κ2) is 7.86. The van der Waals surface area contributed by atoms with Gasteiger partial charge in [-0.05, 0) is 62.1 Å². The lowest BCUT2D eigenvalue weighted by Crippen LogP contribution is -2.29. The predicted octanol–water partition coefficient (Wildman–Crippen LogP) is 3.16. The van der Waals surface area contributed by atoms with E-state index < -0.39 is 0 Å². The average Bonchev–Trinajstić information content (AvgIpc) is 3.35. The van der Waals surface area contributed by atoms with Crippen molar-refractivity contribution in [2.45, 2.75) is 32.2 Å². The minimum atomic E-state index is -0.247. The molecule has 2 N–H and O–H groups in total. The van der Waals surface area contributed by atoms with E-state index in [0.29, 0.717) is 18.7 Å². The summed E-state index contributed by atoms with van der Waals surface area (Å²) in [6.45, 7) is 2.56. The highest BCUT2D eigenvalue weighted by atomic mass is 16.3. The summed E-state index contributed by atoms with van der Waals surface area (Å²) in [4.78, 5) is 26.9. The van der Waals surface area contributed by atoms with Crippen molar-refractivity contribution in [3.05, 3.63) is 48.4 Å². The van der Waals surface area contributed by atoms with E-state index in [1.54, 1.807) is 12.3 Å². The van der Waals surface area contributed by atoms with E-state index >= 15 is 0 Å². The van der Waals surface area contributed by atoms with Gasteiger partial charge in [0.05, 0.1) is 24.6 Å². The molecule has 1 saturated heterocycles. The van der Waals surface area contributed by atoms with Crippen LogP contribution in [0.25, 0.3) is 0 Å². The number of anilines is 2. The van der Waals surface area contributed by atoms with Crippen LogP contribution >= 0.6 is 0 Å². The van der Waals surface area contributed by atoms with Crippen LogP contribution in [0.5, 0.6) is 0 Å². The van der Waals surface area contributed by atoms with Crippen LogP contribution in [0.2, 0.25) is 0 Å². The lowest BCUT2D eigenvalue weighted by Gasteiger charge is -2.28. The van der Waals surface area contributed by atoms with Crippen LogP contribution in [0.4, 0.5) is 11.4 Å². The summed E-state index contributed by atoms with van der Waals surface area (Å²) >= 11 is 0. The van der Waals surface area contributed by atoms with Crippen LogP contribution in [0.15, 0.2) is 47.1 Å². The predicted molar refractivity (Wildman–Crippen MR) is 103 cm³/mol. The number of benzene rings is 1. The first kappa shape index (κ1) is 17.6. The minimum absolute atomic E-state index is 0.0844. The first-order chi connectivity index (χ1) is 13.2. The molecule has 27 heavy (non-hydrogen) atoms. The number of furan rings is 1. The fraction of sp³-hybridized carbons (Fsp3) is 0.429. The molecule has 0 radical (unpaired) electrons. The van der Waals surface area contributed by atoms with Gasteiger partial charge in [-0.15, -0.1) is 0 Å². The van der Waals surface area contributed by atoms with Crippen LogP contribution in [0.1, 0.15) is 31.4 Å². The smallest absolute Gasteiger partial charge is 0.228 e. The monoisotopic (exact) mass is 367 g/mol. The second-order valence-corrected chi connectivity index (χ2v) is 7.33. The van der Waals surface area contributed by atoms with Crippen LogP contribution in [0.3, 0.4) is 0 Å². The average molecular weight is 367 g/mol. The van der Waals surface area contributed by atoms with Crippen molar-refractivity contribution in [3.63, 3.8) is 0 Å². The van der Waals surface area contributed by atoms with Crippen molar-refractivity contribution in [2.75, 3.05) is 23.3 Å². The molecule has 2 aliphatic rings. The molecule has 1 aliphatic heterocycles. The van der Waals surface area contributed by atoms with Gasteiger partial charge in [0.2, 0.25) is 11.8 Å². The number of hydrogen-bond donors (Lipinski definition) is 2. The number of nitrogens with zero attached hydrogens (tertiary/aromatic N) is 1. The maximum atomic E-state index is 12.4. The quantitative estimate of drug-likeness (QED) is 0.822. The molecule has 1 aromatic heterocycles. The molecule has 2 amide bonds. The molecule has 2 aromatic rings. The fourth-order valence-corrected chi connectivity index (χ4v) is 3.64. The zero-order chi connectivity index (χ0) is 18.6. The lowest BCUT2D eigenvalue weighted by atomic mass is 10.1. The molecular formula is C21H25N3O3. The number of carbonyl (C=O) groups excluding carboxylic acids is 2. The third-order valence-electron chi connectivity index (χ3n) is 5.34.